The highest BCUT2D eigenvalue weighted by molar-refractivity contribution is 14.1. The molecular formula is C22H15FIN3O2. The average molecular weight is 499 g/mol. The van der Waals surface area contributed by atoms with E-state index in [0.29, 0.717) is 28.0 Å². The van der Waals surface area contributed by atoms with Gasteiger partial charge in [0.05, 0.1) is 22.3 Å². The lowest BCUT2D eigenvalue weighted by Crippen LogP contribution is -2.22. The van der Waals surface area contributed by atoms with Crippen LogP contribution < -0.4 is 10.9 Å². The van der Waals surface area contributed by atoms with Crippen LogP contribution in [-0.4, -0.2) is 15.5 Å². The van der Waals surface area contributed by atoms with Crippen molar-refractivity contribution >= 4 is 45.1 Å². The van der Waals surface area contributed by atoms with Crippen LogP contribution >= 0.6 is 22.6 Å². The van der Waals surface area contributed by atoms with Crippen molar-refractivity contribution in [3.8, 4) is 5.69 Å². The number of halogens is 2. The van der Waals surface area contributed by atoms with Gasteiger partial charge in [-0.25, -0.2) is 9.37 Å². The summed E-state index contributed by atoms with van der Waals surface area (Å²) in [7, 11) is 0. The fourth-order valence-electron chi connectivity index (χ4n) is 3.09. The molecule has 5 nitrogen and oxygen atoms in total. The van der Waals surface area contributed by atoms with Crippen LogP contribution in [0.3, 0.4) is 0 Å². The molecule has 1 amide bonds. The number of fused-ring (bicyclic) bond motifs is 1. The largest absolute Gasteiger partial charge is 0.319 e. The van der Waals surface area contributed by atoms with E-state index in [2.05, 4.69) is 32.9 Å². The second-order valence-electron chi connectivity index (χ2n) is 6.44. The van der Waals surface area contributed by atoms with Crippen molar-refractivity contribution in [2.24, 2.45) is 0 Å². The van der Waals surface area contributed by atoms with Crippen LogP contribution in [0.2, 0.25) is 0 Å². The highest BCUT2D eigenvalue weighted by atomic mass is 127. The van der Waals surface area contributed by atoms with Gasteiger partial charge in [-0.3, -0.25) is 14.2 Å². The SMILES string of the molecule is Cc1nc2ccccc2c(=O)n1-c1ccc(F)c(NC(=O)c2ccc(I)cc2)c1. The number of hydrogen-bond donors (Lipinski definition) is 1. The summed E-state index contributed by atoms with van der Waals surface area (Å²) in [5, 5.41) is 3.04. The van der Waals surface area contributed by atoms with Gasteiger partial charge in [-0.1, -0.05) is 12.1 Å². The van der Waals surface area contributed by atoms with E-state index in [1.165, 1.54) is 22.8 Å². The quantitative estimate of drug-likeness (QED) is 0.416. The smallest absolute Gasteiger partial charge is 0.265 e. The molecule has 3 aromatic carbocycles. The van der Waals surface area contributed by atoms with Crippen molar-refractivity contribution in [3.05, 3.63) is 97.9 Å². The number of aryl methyl sites for hydroxylation is 1. The van der Waals surface area contributed by atoms with E-state index < -0.39 is 11.7 Å². The molecule has 0 fully saturated rings. The molecule has 0 aliphatic carbocycles. The fraction of sp³-hybridized carbons (Fsp3) is 0.0455. The highest BCUT2D eigenvalue weighted by Crippen LogP contribution is 2.21. The topological polar surface area (TPSA) is 64.0 Å². The first-order valence-electron chi connectivity index (χ1n) is 8.79. The number of hydrogen-bond acceptors (Lipinski definition) is 3. The zero-order valence-corrected chi connectivity index (χ0v) is 17.5. The van der Waals surface area contributed by atoms with Crippen LogP contribution in [0, 0.1) is 16.3 Å². The van der Waals surface area contributed by atoms with E-state index in [4.69, 9.17) is 0 Å². The molecule has 0 unspecified atom stereocenters. The molecule has 29 heavy (non-hydrogen) atoms. The predicted molar refractivity (Wildman–Crippen MR) is 119 cm³/mol. The van der Waals surface area contributed by atoms with E-state index in [9.17, 15) is 14.0 Å². The molecular weight excluding hydrogens is 484 g/mol. The third-order valence-electron chi connectivity index (χ3n) is 4.51. The Hall–Kier alpha value is -3.07. The first-order valence-corrected chi connectivity index (χ1v) is 9.87. The van der Waals surface area contributed by atoms with Gasteiger partial charge in [-0.05, 0) is 84.1 Å². The van der Waals surface area contributed by atoms with Crippen LogP contribution in [0.4, 0.5) is 10.1 Å². The van der Waals surface area contributed by atoms with Crippen molar-refractivity contribution in [3.63, 3.8) is 0 Å². The normalized spacial score (nSPS) is 10.9. The Bertz CT molecular complexity index is 1300. The second-order valence-corrected chi connectivity index (χ2v) is 7.69. The zero-order chi connectivity index (χ0) is 20.5. The minimum absolute atomic E-state index is 0.00879. The van der Waals surface area contributed by atoms with E-state index in [-0.39, 0.29) is 11.2 Å². The minimum atomic E-state index is -0.591. The average Bonchev–Trinajstić information content (AvgIpc) is 2.71. The summed E-state index contributed by atoms with van der Waals surface area (Å²) in [4.78, 5) is 29.9. The minimum Gasteiger partial charge on any atom is -0.319 e. The Morgan fingerprint density at radius 2 is 1.79 bits per heavy atom. The molecule has 0 atom stereocenters. The van der Waals surface area contributed by atoms with Gasteiger partial charge in [-0.15, -0.1) is 0 Å². The first-order chi connectivity index (χ1) is 13.9. The number of nitrogens with zero attached hydrogens (tertiary/aromatic N) is 2. The molecule has 4 rings (SSSR count). The first kappa shape index (κ1) is 19.3. The summed E-state index contributed by atoms with van der Waals surface area (Å²) >= 11 is 2.14. The standard InChI is InChI=1S/C22H15FIN3O2/c1-13-25-19-5-3-2-4-17(19)22(29)27(13)16-10-11-18(23)20(12-16)26-21(28)14-6-8-15(24)9-7-14/h2-12H,1H3,(H,26,28). The Morgan fingerprint density at radius 1 is 1.07 bits per heavy atom. The molecule has 4 aromatic rings. The number of para-hydroxylation sites is 1. The molecule has 1 aromatic heterocycles. The van der Waals surface area contributed by atoms with E-state index in [1.54, 1.807) is 49.4 Å². The number of carbonyl (C=O) groups excluding carboxylic acids is 1. The van der Waals surface area contributed by atoms with Crippen molar-refractivity contribution in [2.45, 2.75) is 6.92 Å². The summed E-state index contributed by atoms with van der Waals surface area (Å²) in [6.45, 7) is 1.71. The monoisotopic (exact) mass is 499 g/mol. The van der Waals surface area contributed by atoms with E-state index >= 15 is 0 Å². The molecule has 0 saturated carbocycles. The molecule has 1 heterocycles. The Balaban J connectivity index is 1.76. The maximum atomic E-state index is 14.4. The summed E-state index contributed by atoms with van der Waals surface area (Å²) in [5.41, 5.74) is 1.17. The summed E-state index contributed by atoms with van der Waals surface area (Å²) in [6.07, 6.45) is 0. The zero-order valence-electron chi connectivity index (χ0n) is 15.3. The third-order valence-corrected chi connectivity index (χ3v) is 5.23. The highest BCUT2D eigenvalue weighted by Gasteiger charge is 2.14. The van der Waals surface area contributed by atoms with Gasteiger partial charge in [0.1, 0.15) is 11.6 Å². The van der Waals surface area contributed by atoms with E-state index in [1.807, 2.05) is 6.07 Å². The van der Waals surface area contributed by atoms with Crippen LogP contribution in [0.1, 0.15) is 16.2 Å². The van der Waals surface area contributed by atoms with Crippen molar-refractivity contribution in [1.82, 2.24) is 9.55 Å². The van der Waals surface area contributed by atoms with Crippen LogP contribution in [0.25, 0.3) is 16.6 Å². The van der Waals surface area contributed by atoms with Crippen LogP contribution in [0.5, 0.6) is 0 Å². The third kappa shape index (κ3) is 3.77. The van der Waals surface area contributed by atoms with Crippen LogP contribution in [0.15, 0.2) is 71.5 Å². The number of anilines is 1. The van der Waals surface area contributed by atoms with E-state index in [0.717, 1.165) is 3.57 Å². The lowest BCUT2D eigenvalue weighted by Gasteiger charge is -2.13. The Morgan fingerprint density at radius 3 is 2.55 bits per heavy atom. The maximum Gasteiger partial charge on any atom is 0.265 e. The molecule has 0 spiro atoms. The fourth-order valence-corrected chi connectivity index (χ4v) is 3.45. The molecule has 0 radical (unpaired) electrons. The summed E-state index contributed by atoms with van der Waals surface area (Å²) < 4.78 is 16.8. The number of benzene rings is 3. The molecule has 144 valence electrons. The second kappa shape index (κ2) is 7.75. The van der Waals surface area contributed by atoms with Gasteiger partial charge < -0.3 is 5.32 Å². The van der Waals surface area contributed by atoms with Gasteiger partial charge in [0, 0.05) is 9.13 Å². The summed E-state index contributed by atoms with van der Waals surface area (Å²) in [5.74, 6) is -0.555. The number of aromatic nitrogens is 2. The van der Waals surface area contributed by atoms with Crippen molar-refractivity contribution < 1.29 is 9.18 Å². The van der Waals surface area contributed by atoms with Gasteiger partial charge in [0.25, 0.3) is 11.5 Å². The summed E-state index contributed by atoms with van der Waals surface area (Å²) in [6, 6.07) is 18.1. The molecule has 0 aliphatic rings. The molecule has 0 bridgehead atoms. The predicted octanol–water partition coefficient (Wildman–Crippen LogP) is 4.69. The number of nitrogens with one attached hydrogen (secondary N) is 1. The lowest BCUT2D eigenvalue weighted by molar-refractivity contribution is 0.102. The van der Waals surface area contributed by atoms with Crippen molar-refractivity contribution in [2.75, 3.05) is 5.32 Å². The van der Waals surface area contributed by atoms with Gasteiger partial charge in [0.2, 0.25) is 0 Å². The van der Waals surface area contributed by atoms with Gasteiger partial charge >= 0.3 is 0 Å². The molecule has 7 heteroatoms. The number of carbonyl (C=O) groups is 1. The Kier molecular flexibility index (Phi) is 5.14. The van der Waals surface area contributed by atoms with Crippen LogP contribution in [-0.2, 0) is 0 Å². The number of rotatable bonds is 3. The Labute approximate surface area is 179 Å². The molecule has 0 aliphatic heterocycles. The van der Waals surface area contributed by atoms with Crippen molar-refractivity contribution in [1.29, 1.82) is 0 Å². The molecule has 1 N–H and O–H groups in total. The number of amides is 1. The maximum absolute atomic E-state index is 14.4. The van der Waals surface area contributed by atoms with Gasteiger partial charge in [0.15, 0.2) is 0 Å². The van der Waals surface area contributed by atoms with Gasteiger partial charge in [-0.2, -0.15) is 0 Å². The lowest BCUT2D eigenvalue weighted by atomic mass is 10.2. The molecule has 0 saturated heterocycles.